The van der Waals surface area contributed by atoms with Gasteiger partial charge in [0, 0.05) is 0 Å². The Labute approximate surface area is 110 Å². The molecule has 0 aliphatic rings. The minimum Gasteiger partial charge on any atom is -0.324 e. The van der Waals surface area contributed by atoms with E-state index >= 15 is 0 Å². The van der Waals surface area contributed by atoms with Gasteiger partial charge in [0.25, 0.3) is 0 Å². The van der Waals surface area contributed by atoms with Crippen LogP contribution in [-0.2, 0) is 0 Å². The quantitative estimate of drug-likeness (QED) is 0.333. The van der Waals surface area contributed by atoms with Gasteiger partial charge in [0.05, 0.1) is 26.2 Å². The van der Waals surface area contributed by atoms with Crippen LogP contribution in [0, 0.1) is 0 Å². The predicted octanol–water partition coefficient (Wildman–Crippen LogP) is 5.00. The van der Waals surface area contributed by atoms with Crippen molar-refractivity contribution in [2.45, 2.75) is 79.1 Å². The molecule has 104 valence electrons. The fourth-order valence-corrected chi connectivity index (χ4v) is 2.83. The van der Waals surface area contributed by atoms with Crippen LogP contribution in [0.1, 0.15) is 79.1 Å². The van der Waals surface area contributed by atoms with Crippen LogP contribution < -0.4 is 0 Å². The molecule has 0 fully saturated rings. The number of unbranched alkanes of at least 4 members (excludes halogenated alkanes) is 4. The van der Waals surface area contributed by atoms with E-state index in [1.165, 1.54) is 82.0 Å². The maximum absolute atomic E-state index is 2.35. The zero-order valence-corrected chi connectivity index (χ0v) is 12.9. The Morgan fingerprint density at radius 2 is 0.941 bits per heavy atom. The maximum Gasteiger partial charge on any atom is 0.0786 e. The van der Waals surface area contributed by atoms with Crippen LogP contribution in [0.15, 0.2) is 0 Å². The monoisotopic (exact) mass is 242 g/mol. The number of rotatable bonds is 12. The summed E-state index contributed by atoms with van der Waals surface area (Å²) in [7, 11) is 0. The fourth-order valence-electron chi connectivity index (χ4n) is 2.83. The lowest BCUT2D eigenvalue weighted by Gasteiger charge is -2.39. The Morgan fingerprint density at radius 3 is 1.35 bits per heavy atom. The Bertz CT molecular complexity index is 146. The second-order valence-electron chi connectivity index (χ2n) is 5.65. The first kappa shape index (κ1) is 17.0. The molecule has 0 unspecified atom stereocenters. The number of nitrogens with zero attached hydrogens (tertiary/aromatic N) is 1. The molecular weight excluding hydrogens is 206 g/mol. The Morgan fingerprint density at radius 1 is 0.471 bits per heavy atom. The molecule has 0 aromatic heterocycles. The molecule has 0 atom stereocenters. The highest BCUT2D eigenvalue weighted by Crippen LogP contribution is 2.16. The lowest BCUT2D eigenvalue weighted by molar-refractivity contribution is -0.929. The highest BCUT2D eigenvalue weighted by atomic mass is 15.3. The summed E-state index contributed by atoms with van der Waals surface area (Å²) >= 11 is 0. The summed E-state index contributed by atoms with van der Waals surface area (Å²) in [5.74, 6) is 0. The molecule has 17 heavy (non-hydrogen) atoms. The molecule has 1 heteroatoms. The van der Waals surface area contributed by atoms with E-state index in [1.54, 1.807) is 0 Å². The van der Waals surface area contributed by atoms with Crippen LogP contribution >= 0.6 is 0 Å². The lowest BCUT2D eigenvalue weighted by atomic mass is 10.1. The van der Waals surface area contributed by atoms with Crippen LogP contribution in [-0.4, -0.2) is 30.7 Å². The Hall–Kier alpha value is -0.0400. The highest BCUT2D eigenvalue weighted by Gasteiger charge is 2.24. The SMILES string of the molecule is CCCCC[N+](CCC)(CCCC)CCCC. The van der Waals surface area contributed by atoms with Gasteiger partial charge in [-0.25, -0.2) is 0 Å². The van der Waals surface area contributed by atoms with E-state index in [1.807, 2.05) is 0 Å². The molecule has 0 aromatic rings. The zero-order chi connectivity index (χ0) is 13.0. The lowest BCUT2D eigenvalue weighted by Crippen LogP contribution is -2.50. The third kappa shape index (κ3) is 7.81. The smallest absolute Gasteiger partial charge is 0.0786 e. The van der Waals surface area contributed by atoms with Crippen molar-refractivity contribution in [3.05, 3.63) is 0 Å². The molecule has 0 aliphatic carbocycles. The molecule has 0 amide bonds. The van der Waals surface area contributed by atoms with E-state index in [-0.39, 0.29) is 0 Å². The molecule has 0 rings (SSSR count). The average molecular weight is 242 g/mol. The largest absolute Gasteiger partial charge is 0.324 e. The molecule has 0 spiro atoms. The van der Waals surface area contributed by atoms with Crippen molar-refractivity contribution < 1.29 is 4.48 Å². The molecule has 1 nitrogen and oxygen atoms in total. The van der Waals surface area contributed by atoms with E-state index in [4.69, 9.17) is 0 Å². The highest BCUT2D eigenvalue weighted by molar-refractivity contribution is 4.49. The van der Waals surface area contributed by atoms with Crippen LogP contribution in [0.25, 0.3) is 0 Å². The molecule has 0 saturated carbocycles. The molecule has 0 aliphatic heterocycles. The number of quaternary nitrogens is 1. The van der Waals surface area contributed by atoms with Crippen molar-refractivity contribution in [3.8, 4) is 0 Å². The summed E-state index contributed by atoms with van der Waals surface area (Å²) in [6.07, 6.45) is 11.1. The topological polar surface area (TPSA) is 0 Å². The first-order valence-corrected chi connectivity index (χ1v) is 8.09. The van der Waals surface area contributed by atoms with Gasteiger partial charge in [0.2, 0.25) is 0 Å². The van der Waals surface area contributed by atoms with Gasteiger partial charge in [-0.1, -0.05) is 47.0 Å². The molecule has 0 heterocycles. The standard InChI is InChI=1S/C16H36N/c1-5-9-12-16-17(13-8-4,14-10-6-2)15-11-7-3/h5-16H2,1-4H3/q+1. The minimum absolute atomic E-state index is 1.35. The van der Waals surface area contributed by atoms with Gasteiger partial charge in [-0.05, 0) is 32.1 Å². The van der Waals surface area contributed by atoms with E-state index in [2.05, 4.69) is 27.7 Å². The summed E-state index contributed by atoms with van der Waals surface area (Å²) < 4.78 is 1.41. The van der Waals surface area contributed by atoms with Crippen molar-refractivity contribution in [2.75, 3.05) is 26.2 Å². The fraction of sp³-hybridized carbons (Fsp3) is 1.00. The van der Waals surface area contributed by atoms with Crippen molar-refractivity contribution in [3.63, 3.8) is 0 Å². The maximum atomic E-state index is 2.35. The first-order valence-electron chi connectivity index (χ1n) is 8.09. The Balaban J connectivity index is 4.32. The van der Waals surface area contributed by atoms with Crippen LogP contribution in [0.5, 0.6) is 0 Å². The van der Waals surface area contributed by atoms with Crippen molar-refractivity contribution >= 4 is 0 Å². The summed E-state index contributed by atoms with van der Waals surface area (Å²) in [5.41, 5.74) is 0. The predicted molar refractivity (Wildman–Crippen MR) is 79.4 cm³/mol. The summed E-state index contributed by atoms with van der Waals surface area (Å²) in [4.78, 5) is 0. The summed E-state index contributed by atoms with van der Waals surface area (Å²) in [6.45, 7) is 15.0. The minimum atomic E-state index is 1.35. The van der Waals surface area contributed by atoms with E-state index < -0.39 is 0 Å². The molecule has 0 bridgehead atoms. The van der Waals surface area contributed by atoms with Gasteiger partial charge in [0.15, 0.2) is 0 Å². The van der Waals surface area contributed by atoms with Gasteiger partial charge in [-0.2, -0.15) is 0 Å². The molecule has 0 saturated heterocycles. The normalized spacial score (nSPS) is 12.0. The molecule has 0 radical (unpaired) electrons. The molecule has 0 N–H and O–H groups in total. The van der Waals surface area contributed by atoms with E-state index in [0.29, 0.717) is 0 Å². The molecule has 0 aromatic carbocycles. The second kappa shape index (κ2) is 11.1. The van der Waals surface area contributed by atoms with Gasteiger partial charge in [0.1, 0.15) is 0 Å². The second-order valence-corrected chi connectivity index (χ2v) is 5.65. The number of hydrogen-bond donors (Lipinski definition) is 0. The van der Waals surface area contributed by atoms with Gasteiger partial charge < -0.3 is 4.48 Å². The van der Waals surface area contributed by atoms with Gasteiger partial charge in [-0.15, -0.1) is 0 Å². The average Bonchev–Trinajstić information content (AvgIpc) is 2.34. The Kier molecular flexibility index (Phi) is 11.0. The zero-order valence-electron chi connectivity index (χ0n) is 12.9. The van der Waals surface area contributed by atoms with Crippen LogP contribution in [0.3, 0.4) is 0 Å². The van der Waals surface area contributed by atoms with Crippen molar-refractivity contribution in [2.24, 2.45) is 0 Å². The third-order valence-electron chi connectivity index (χ3n) is 3.91. The van der Waals surface area contributed by atoms with Crippen LogP contribution in [0.2, 0.25) is 0 Å². The van der Waals surface area contributed by atoms with E-state index in [0.717, 1.165) is 0 Å². The van der Waals surface area contributed by atoms with Crippen LogP contribution in [0.4, 0.5) is 0 Å². The van der Waals surface area contributed by atoms with Gasteiger partial charge >= 0.3 is 0 Å². The number of hydrogen-bond acceptors (Lipinski definition) is 0. The van der Waals surface area contributed by atoms with Gasteiger partial charge in [-0.3, -0.25) is 0 Å². The molecular formula is C16H36N+. The first-order chi connectivity index (χ1) is 8.24. The van der Waals surface area contributed by atoms with Crippen molar-refractivity contribution in [1.29, 1.82) is 0 Å². The third-order valence-corrected chi connectivity index (χ3v) is 3.91. The van der Waals surface area contributed by atoms with E-state index in [9.17, 15) is 0 Å². The summed E-state index contributed by atoms with van der Waals surface area (Å²) in [5, 5.41) is 0. The summed E-state index contributed by atoms with van der Waals surface area (Å²) in [6, 6.07) is 0. The van der Waals surface area contributed by atoms with Crippen molar-refractivity contribution in [1.82, 2.24) is 0 Å².